The number of benzene rings is 2. The van der Waals surface area contributed by atoms with Crippen LogP contribution in [0.15, 0.2) is 54.7 Å². The summed E-state index contributed by atoms with van der Waals surface area (Å²) in [6, 6.07) is 17.7. The highest BCUT2D eigenvalue weighted by molar-refractivity contribution is 5.80. The summed E-state index contributed by atoms with van der Waals surface area (Å²) in [5.74, 6) is 0. The van der Waals surface area contributed by atoms with Crippen LogP contribution in [-0.4, -0.2) is 10.6 Å². The van der Waals surface area contributed by atoms with Crippen LogP contribution in [0.4, 0.5) is 0 Å². The van der Waals surface area contributed by atoms with Crippen LogP contribution in [0.5, 0.6) is 0 Å². The maximum atomic E-state index is 7.06. The average Bonchev–Trinajstić information content (AvgIpc) is 3.05. The summed E-state index contributed by atoms with van der Waals surface area (Å²) in [7, 11) is 0. The van der Waals surface area contributed by atoms with E-state index < -0.39 is 0 Å². The predicted molar refractivity (Wildman–Crippen MR) is 109 cm³/mol. The first-order valence-electron chi connectivity index (χ1n) is 9.72. The SMILES string of the molecule is Cc1cc(C)cc(CNC2CCCCC2(N)n2ccc3ccccc32)c1. The zero-order chi connectivity index (χ0) is 18.1. The smallest absolute Gasteiger partial charge is 0.108 e. The fourth-order valence-electron chi connectivity index (χ4n) is 4.61. The average molecular weight is 348 g/mol. The Hall–Kier alpha value is -2.10. The van der Waals surface area contributed by atoms with Gasteiger partial charge in [0.1, 0.15) is 5.66 Å². The van der Waals surface area contributed by atoms with Gasteiger partial charge in [0, 0.05) is 24.3 Å². The molecule has 3 aromatic rings. The highest BCUT2D eigenvalue weighted by atomic mass is 15.2. The number of hydrogen-bond donors (Lipinski definition) is 2. The molecule has 3 heteroatoms. The van der Waals surface area contributed by atoms with Crippen LogP contribution < -0.4 is 11.1 Å². The summed E-state index contributed by atoms with van der Waals surface area (Å²) >= 11 is 0. The van der Waals surface area contributed by atoms with Gasteiger partial charge in [0.05, 0.1) is 0 Å². The largest absolute Gasteiger partial charge is 0.327 e. The van der Waals surface area contributed by atoms with E-state index >= 15 is 0 Å². The van der Waals surface area contributed by atoms with E-state index in [2.05, 4.69) is 78.5 Å². The Balaban J connectivity index is 1.61. The minimum absolute atomic E-state index is 0.271. The molecule has 0 saturated heterocycles. The number of nitrogens with zero attached hydrogens (tertiary/aromatic N) is 1. The van der Waals surface area contributed by atoms with Crippen molar-refractivity contribution in [2.24, 2.45) is 5.73 Å². The van der Waals surface area contributed by atoms with Crippen molar-refractivity contribution >= 4 is 10.9 Å². The molecule has 4 rings (SSSR count). The molecule has 136 valence electrons. The first-order valence-corrected chi connectivity index (χ1v) is 9.72. The van der Waals surface area contributed by atoms with Gasteiger partial charge in [0.15, 0.2) is 0 Å². The molecule has 1 aliphatic carbocycles. The van der Waals surface area contributed by atoms with Crippen LogP contribution in [0.3, 0.4) is 0 Å². The van der Waals surface area contributed by atoms with E-state index in [9.17, 15) is 0 Å². The summed E-state index contributed by atoms with van der Waals surface area (Å²) in [5, 5.41) is 5.05. The number of nitrogens with two attached hydrogens (primary N) is 1. The van der Waals surface area contributed by atoms with Crippen LogP contribution in [0.1, 0.15) is 42.4 Å². The number of aryl methyl sites for hydroxylation is 2. The third kappa shape index (κ3) is 3.17. The summed E-state index contributed by atoms with van der Waals surface area (Å²) in [6.07, 6.45) is 6.72. The Bertz CT molecular complexity index is 890. The van der Waals surface area contributed by atoms with E-state index in [1.54, 1.807) is 0 Å². The van der Waals surface area contributed by atoms with Crippen molar-refractivity contribution in [3.05, 3.63) is 71.4 Å². The lowest BCUT2D eigenvalue weighted by molar-refractivity contribution is 0.142. The molecule has 0 radical (unpaired) electrons. The zero-order valence-corrected chi connectivity index (χ0v) is 15.8. The van der Waals surface area contributed by atoms with E-state index in [1.165, 1.54) is 40.4 Å². The molecule has 3 nitrogen and oxygen atoms in total. The third-order valence-corrected chi connectivity index (χ3v) is 5.81. The Morgan fingerprint density at radius 3 is 2.65 bits per heavy atom. The molecular weight excluding hydrogens is 318 g/mol. The molecule has 2 unspecified atom stereocenters. The molecule has 0 aliphatic heterocycles. The van der Waals surface area contributed by atoms with Crippen LogP contribution >= 0.6 is 0 Å². The molecule has 1 aliphatic rings. The predicted octanol–water partition coefficient (Wildman–Crippen LogP) is 4.60. The number of rotatable bonds is 4. The van der Waals surface area contributed by atoms with Crippen molar-refractivity contribution in [1.29, 1.82) is 0 Å². The fraction of sp³-hybridized carbons (Fsp3) is 0.391. The normalized spacial score (nSPS) is 23.4. The minimum atomic E-state index is -0.375. The second kappa shape index (κ2) is 6.90. The summed E-state index contributed by atoms with van der Waals surface area (Å²) < 4.78 is 2.31. The standard InChI is InChI=1S/C23H29N3/c1-17-13-18(2)15-19(14-17)16-25-22-9-5-6-11-23(22,24)26-12-10-20-7-3-4-8-21(20)26/h3-4,7-8,10,12-15,22,25H,5-6,9,11,16,24H2,1-2H3. The van der Waals surface area contributed by atoms with Crippen molar-refractivity contribution in [2.45, 2.75) is 57.8 Å². The maximum absolute atomic E-state index is 7.06. The summed E-state index contributed by atoms with van der Waals surface area (Å²) in [4.78, 5) is 0. The molecule has 2 atom stereocenters. The van der Waals surface area contributed by atoms with Gasteiger partial charge in [-0.2, -0.15) is 0 Å². The quantitative estimate of drug-likeness (QED) is 0.724. The van der Waals surface area contributed by atoms with E-state index in [0.29, 0.717) is 0 Å². The Morgan fingerprint density at radius 1 is 1.08 bits per heavy atom. The van der Waals surface area contributed by atoms with Crippen LogP contribution in [0.25, 0.3) is 10.9 Å². The second-order valence-corrected chi connectivity index (χ2v) is 7.91. The lowest BCUT2D eigenvalue weighted by Gasteiger charge is -2.43. The van der Waals surface area contributed by atoms with Crippen LogP contribution in [-0.2, 0) is 12.2 Å². The van der Waals surface area contributed by atoms with Crippen molar-refractivity contribution < 1.29 is 0 Å². The Morgan fingerprint density at radius 2 is 1.85 bits per heavy atom. The summed E-state index contributed by atoms with van der Waals surface area (Å²) in [5.41, 5.74) is 11.9. The number of aromatic nitrogens is 1. The molecule has 1 heterocycles. The zero-order valence-electron chi connectivity index (χ0n) is 15.8. The van der Waals surface area contributed by atoms with Crippen molar-refractivity contribution in [1.82, 2.24) is 9.88 Å². The van der Waals surface area contributed by atoms with Crippen molar-refractivity contribution in [3.8, 4) is 0 Å². The molecule has 2 aromatic carbocycles. The molecule has 26 heavy (non-hydrogen) atoms. The van der Waals surface area contributed by atoms with Gasteiger partial charge in [-0.25, -0.2) is 0 Å². The first-order chi connectivity index (χ1) is 12.6. The highest BCUT2D eigenvalue weighted by Crippen LogP contribution is 2.34. The van der Waals surface area contributed by atoms with E-state index in [-0.39, 0.29) is 11.7 Å². The number of nitrogens with one attached hydrogen (secondary N) is 1. The van der Waals surface area contributed by atoms with Crippen molar-refractivity contribution in [3.63, 3.8) is 0 Å². The van der Waals surface area contributed by atoms with Gasteiger partial charge in [-0.1, -0.05) is 53.9 Å². The van der Waals surface area contributed by atoms with Gasteiger partial charge in [-0.15, -0.1) is 0 Å². The minimum Gasteiger partial charge on any atom is -0.327 e. The first kappa shape index (κ1) is 17.3. The lowest BCUT2D eigenvalue weighted by Crippen LogP contribution is -2.59. The van der Waals surface area contributed by atoms with Gasteiger partial charge < -0.3 is 15.6 Å². The van der Waals surface area contributed by atoms with Gasteiger partial charge in [-0.05, 0) is 56.2 Å². The maximum Gasteiger partial charge on any atom is 0.108 e. The lowest BCUT2D eigenvalue weighted by atomic mass is 9.84. The molecular formula is C23H29N3. The summed E-state index contributed by atoms with van der Waals surface area (Å²) in [6.45, 7) is 5.19. The number of para-hydroxylation sites is 1. The number of fused-ring (bicyclic) bond motifs is 1. The van der Waals surface area contributed by atoms with Gasteiger partial charge in [0.2, 0.25) is 0 Å². The fourth-order valence-corrected chi connectivity index (χ4v) is 4.61. The Labute approximate surface area is 156 Å². The topological polar surface area (TPSA) is 43.0 Å². The van der Waals surface area contributed by atoms with Gasteiger partial charge >= 0.3 is 0 Å². The number of hydrogen-bond acceptors (Lipinski definition) is 2. The molecule has 1 saturated carbocycles. The third-order valence-electron chi connectivity index (χ3n) is 5.81. The molecule has 0 amide bonds. The van der Waals surface area contributed by atoms with Gasteiger partial charge in [0.25, 0.3) is 0 Å². The molecule has 0 spiro atoms. The van der Waals surface area contributed by atoms with E-state index in [4.69, 9.17) is 5.73 Å². The molecule has 1 fully saturated rings. The highest BCUT2D eigenvalue weighted by Gasteiger charge is 2.39. The molecule has 0 bridgehead atoms. The van der Waals surface area contributed by atoms with E-state index in [0.717, 1.165) is 19.4 Å². The molecule has 1 aromatic heterocycles. The van der Waals surface area contributed by atoms with Crippen LogP contribution in [0, 0.1) is 13.8 Å². The molecule has 3 N–H and O–H groups in total. The second-order valence-electron chi connectivity index (χ2n) is 7.91. The van der Waals surface area contributed by atoms with Crippen LogP contribution in [0.2, 0.25) is 0 Å². The van der Waals surface area contributed by atoms with Gasteiger partial charge in [-0.3, -0.25) is 0 Å². The monoisotopic (exact) mass is 347 g/mol. The Kier molecular flexibility index (Phi) is 4.60. The van der Waals surface area contributed by atoms with Crippen molar-refractivity contribution in [2.75, 3.05) is 0 Å². The van der Waals surface area contributed by atoms with E-state index in [1.807, 2.05) is 0 Å².